The highest BCUT2D eigenvalue weighted by Crippen LogP contribution is 2.22. The average Bonchev–Trinajstić information content (AvgIpc) is 2.50. The lowest BCUT2D eigenvalue weighted by Crippen LogP contribution is -2.12. The Morgan fingerprint density at radius 1 is 1.00 bits per heavy atom. The van der Waals surface area contributed by atoms with Crippen molar-refractivity contribution >= 4 is 22.5 Å². The number of hydrogen-bond acceptors (Lipinski definition) is 2. The predicted octanol–water partition coefficient (Wildman–Crippen LogP) is 4.10. The third kappa shape index (κ3) is 2.63. The monoisotopic (exact) mass is 276 g/mol. The number of aromatic nitrogens is 1. The molecule has 0 aliphatic heterocycles. The van der Waals surface area contributed by atoms with E-state index in [1.807, 2.05) is 62.4 Å². The molecule has 21 heavy (non-hydrogen) atoms. The largest absolute Gasteiger partial charge is 0.321 e. The van der Waals surface area contributed by atoms with Crippen LogP contribution in [0.25, 0.3) is 10.9 Å². The lowest BCUT2D eigenvalue weighted by molar-refractivity contribution is 0.102. The molecule has 0 aliphatic carbocycles. The third-order valence-corrected chi connectivity index (χ3v) is 3.66. The fraction of sp³-hybridized carbons (Fsp3) is 0.111. The average molecular weight is 276 g/mol. The molecular formula is C18H16N2O. The van der Waals surface area contributed by atoms with Crippen LogP contribution in [0.15, 0.2) is 54.7 Å². The topological polar surface area (TPSA) is 42.0 Å². The summed E-state index contributed by atoms with van der Waals surface area (Å²) >= 11 is 0. The zero-order valence-electron chi connectivity index (χ0n) is 12.1. The maximum atomic E-state index is 12.4. The first-order valence-corrected chi connectivity index (χ1v) is 6.87. The van der Waals surface area contributed by atoms with Gasteiger partial charge in [0.2, 0.25) is 0 Å². The summed E-state index contributed by atoms with van der Waals surface area (Å²) in [6, 6.07) is 15.3. The van der Waals surface area contributed by atoms with Gasteiger partial charge >= 0.3 is 0 Å². The molecule has 3 aromatic rings. The third-order valence-electron chi connectivity index (χ3n) is 3.66. The van der Waals surface area contributed by atoms with E-state index in [-0.39, 0.29) is 5.91 Å². The summed E-state index contributed by atoms with van der Waals surface area (Å²) in [6.07, 6.45) is 1.75. The van der Waals surface area contributed by atoms with Gasteiger partial charge in [-0.25, -0.2) is 0 Å². The molecule has 1 amide bonds. The number of anilines is 1. The molecule has 3 nitrogen and oxygen atoms in total. The lowest BCUT2D eigenvalue weighted by atomic mass is 10.1. The Labute approximate surface area is 123 Å². The number of benzene rings is 2. The van der Waals surface area contributed by atoms with Gasteiger partial charge in [0, 0.05) is 17.1 Å². The van der Waals surface area contributed by atoms with Gasteiger partial charge in [-0.3, -0.25) is 9.78 Å². The molecule has 0 saturated heterocycles. The van der Waals surface area contributed by atoms with E-state index in [0.29, 0.717) is 5.56 Å². The number of aryl methyl sites for hydroxylation is 2. The van der Waals surface area contributed by atoms with Crippen LogP contribution >= 0.6 is 0 Å². The number of carbonyl (C=O) groups excluding carboxylic acids is 1. The SMILES string of the molecule is Cc1ccc(C(=O)Nc2cccc3ncccc23)cc1C. The van der Waals surface area contributed by atoms with E-state index < -0.39 is 0 Å². The smallest absolute Gasteiger partial charge is 0.255 e. The molecule has 0 aliphatic rings. The first-order valence-electron chi connectivity index (χ1n) is 6.87. The van der Waals surface area contributed by atoms with Crippen molar-refractivity contribution in [2.75, 3.05) is 5.32 Å². The Bertz CT molecular complexity index is 819. The quantitative estimate of drug-likeness (QED) is 0.765. The second-order valence-corrected chi connectivity index (χ2v) is 5.13. The summed E-state index contributed by atoms with van der Waals surface area (Å²) in [4.78, 5) is 16.7. The summed E-state index contributed by atoms with van der Waals surface area (Å²) in [6.45, 7) is 4.04. The van der Waals surface area contributed by atoms with Crippen LogP contribution in [0.1, 0.15) is 21.5 Å². The number of fused-ring (bicyclic) bond motifs is 1. The first-order chi connectivity index (χ1) is 10.1. The highest BCUT2D eigenvalue weighted by Gasteiger charge is 2.09. The molecule has 1 N–H and O–H groups in total. The van der Waals surface area contributed by atoms with Crippen molar-refractivity contribution in [1.82, 2.24) is 4.98 Å². The minimum absolute atomic E-state index is 0.102. The van der Waals surface area contributed by atoms with Crippen molar-refractivity contribution in [3.05, 3.63) is 71.4 Å². The van der Waals surface area contributed by atoms with E-state index in [4.69, 9.17) is 0 Å². The molecule has 3 heteroatoms. The maximum Gasteiger partial charge on any atom is 0.255 e. The van der Waals surface area contributed by atoms with Gasteiger partial charge in [-0.1, -0.05) is 12.1 Å². The highest BCUT2D eigenvalue weighted by molar-refractivity contribution is 6.08. The second-order valence-electron chi connectivity index (χ2n) is 5.13. The van der Waals surface area contributed by atoms with Crippen LogP contribution in [0.2, 0.25) is 0 Å². The number of nitrogens with zero attached hydrogens (tertiary/aromatic N) is 1. The number of rotatable bonds is 2. The van der Waals surface area contributed by atoms with Crippen LogP contribution in [0.3, 0.4) is 0 Å². The summed E-state index contributed by atoms with van der Waals surface area (Å²) in [7, 11) is 0. The van der Waals surface area contributed by atoms with Gasteiger partial charge < -0.3 is 5.32 Å². The molecule has 0 unspecified atom stereocenters. The van der Waals surface area contributed by atoms with Crippen molar-refractivity contribution < 1.29 is 4.79 Å². The normalized spacial score (nSPS) is 10.6. The van der Waals surface area contributed by atoms with E-state index in [9.17, 15) is 4.79 Å². The van der Waals surface area contributed by atoms with Crippen molar-refractivity contribution in [3.8, 4) is 0 Å². The molecule has 2 aromatic carbocycles. The fourth-order valence-corrected chi connectivity index (χ4v) is 2.29. The Morgan fingerprint density at radius 2 is 1.86 bits per heavy atom. The van der Waals surface area contributed by atoms with Gasteiger partial charge in [-0.05, 0) is 61.4 Å². The van der Waals surface area contributed by atoms with Gasteiger partial charge in [-0.2, -0.15) is 0 Å². The van der Waals surface area contributed by atoms with E-state index >= 15 is 0 Å². The van der Waals surface area contributed by atoms with E-state index in [2.05, 4.69) is 10.3 Å². The summed E-state index contributed by atoms with van der Waals surface area (Å²) < 4.78 is 0. The highest BCUT2D eigenvalue weighted by atomic mass is 16.1. The van der Waals surface area contributed by atoms with Crippen LogP contribution in [0.4, 0.5) is 5.69 Å². The zero-order chi connectivity index (χ0) is 14.8. The van der Waals surface area contributed by atoms with E-state index in [1.54, 1.807) is 6.20 Å². The maximum absolute atomic E-state index is 12.4. The molecule has 104 valence electrons. The Hall–Kier alpha value is -2.68. The van der Waals surface area contributed by atoms with Gasteiger partial charge in [0.15, 0.2) is 0 Å². The molecule has 1 heterocycles. The van der Waals surface area contributed by atoms with Gasteiger partial charge in [0.25, 0.3) is 5.91 Å². The molecular weight excluding hydrogens is 260 g/mol. The van der Waals surface area contributed by atoms with Crippen LogP contribution < -0.4 is 5.32 Å². The predicted molar refractivity (Wildman–Crippen MR) is 85.6 cm³/mol. The van der Waals surface area contributed by atoms with Crippen LogP contribution in [-0.4, -0.2) is 10.9 Å². The van der Waals surface area contributed by atoms with Crippen molar-refractivity contribution in [2.24, 2.45) is 0 Å². The second kappa shape index (κ2) is 5.37. The number of amides is 1. The van der Waals surface area contributed by atoms with Crippen LogP contribution in [0.5, 0.6) is 0 Å². The Kier molecular flexibility index (Phi) is 3.40. The van der Waals surface area contributed by atoms with Crippen molar-refractivity contribution in [2.45, 2.75) is 13.8 Å². The number of nitrogens with one attached hydrogen (secondary N) is 1. The number of hydrogen-bond donors (Lipinski definition) is 1. The summed E-state index contributed by atoms with van der Waals surface area (Å²) in [5, 5.41) is 3.91. The van der Waals surface area contributed by atoms with E-state index in [1.165, 1.54) is 5.56 Å². The minimum atomic E-state index is -0.102. The minimum Gasteiger partial charge on any atom is -0.321 e. The summed E-state index contributed by atoms with van der Waals surface area (Å²) in [5.41, 5.74) is 4.61. The molecule has 0 bridgehead atoms. The molecule has 0 atom stereocenters. The number of pyridine rings is 1. The van der Waals surface area contributed by atoms with Gasteiger partial charge in [0.05, 0.1) is 11.2 Å². The first kappa shape index (κ1) is 13.3. The van der Waals surface area contributed by atoms with Crippen LogP contribution in [-0.2, 0) is 0 Å². The Balaban J connectivity index is 1.94. The molecule has 0 radical (unpaired) electrons. The van der Waals surface area contributed by atoms with E-state index in [0.717, 1.165) is 22.2 Å². The molecule has 0 spiro atoms. The Morgan fingerprint density at radius 3 is 2.67 bits per heavy atom. The molecule has 1 aromatic heterocycles. The fourth-order valence-electron chi connectivity index (χ4n) is 2.29. The number of carbonyl (C=O) groups is 1. The van der Waals surface area contributed by atoms with Crippen molar-refractivity contribution in [3.63, 3.8) is 0 Å². The standard InChI is InChI=1S/C18H16N2O/c1-12-8-9-14(11-13(12)2)18(21)20-17-7-3-6-16-15(17)5-4-10-19-16/h3-11H,1-2H3,(H,20,21). The molecule has 3 rings (SSSR count). The van der Waals surface area contributed by atoms with Gasteiger partial charge in [-0.15, -0.1) is 0 Å². The summed E-state index contributed by atoms with van der Waals surface area (Å²) in [5.74, 6) is -0.102. The van der Waals surface area contributed by atoms with Crippen molar-refractivity contribution in [1.29, 1.82) is 0 Å². The van der Waals surface area contributed by atoms with Gasteiger partial charge in [0.1, 0.15) is 0 Å². The zero-order valence-corrected chi connectivity index (χ0v) is 12.1. The van der Waals surface area contributed by atoms with Crippen LogP contribution in [0, 0.1) is 13.8 Å². The lowest BCUT2D eigenvalue weighted by Gasteiger charge is -2.09. The molecule has 0 fully saturated rings. The molecule has 0 saturated carbocycles.